The molecule has 4 nitrogen and oxygen atoms in total. The summed E-state index contributed by atoms with van der Waals surface area (Å²) in [6, 6.07) is 3.70. The fourth-order valence-electron chi connectivity index (χ4n) is 2.35. The second kappa shape index (κ2) is 11.0. The van der Waals surface area contributed by atoms with E-state index in [1.165, 1.54) is 11.3 Å². The number of aryl methyl sites for hydroxylation is 1. The average Bonchev–Trinajstić information content (AvgIpc) is 3.01. The maximum atomic E-state index is 14.1. The molecule has 0 saturated carbocycles. The van der Waals surface area contributed by atoms with Gasteiger partial charge >= 0.3 is 0 Å². The van der Waals surface area contributed by atoms with Crippen LogP contribution in [0.2, 0.25) is 0 Å². The number of ether oxygens (including phenoxy) is 1. The van der Waals surface area contributed by atoms with Crippen molar-refractivity contribution in [3.63, 3.8) is 0 Å². The minimum atomic E-state index is -1.16. The molecule has 1 aromatic heterocycles. The Kier molecular flexibility index (Phi) is 9.38. The topological polar surface area (TPSA) is 49.8 Å². The first-order valence-corrected chi connectivity index (χ1v) is 9.69. The number of halogens is 2. The Labute approximate surface area is 163 Å². The summed E-state index contributed by atoms with van der Waals surface area (Å²) in [5, 5.41) is 12.2. The molecule has 2 rings (SSSR count). The summed E-state index contributed by atoms with van der Waals surface area (Å²) in [5.41, 5.74) is 0.840. The van der Waals surface area contributed by atoms with Gasteiger partial charge < -0.3 is 14.7 Å². The molecule has 0 radical (unpaired) electrons. The number of hydrogen-bond donors (Lipinski definition) is 1. The van der Waals surface area contributed by atoms with Crippen LogP contribution in [0.5, 0.6) is 5.75 Å². The van der Waals surface area contributed by atoms with Gasteiger partial charge in [0, 0.05) is 30.1 Å². The number of thiophene rings is 1. The van der Waals surface area contributed by atoms with Crippen LogP contribution in [0.25, 0.3) is 0 Å². The van der Waals surface area contributed by atoms with Crippen molar-refractivity contribution >= 4 is 17.7 Å². The van der Waals surface area contributed by atoms with E-state index in [0.717, 1.165) is 37.2 Å². The third kappa shape index (κ3) is 6.59. The number of aliphatic hydroxyl groups excluding tert-OH is 1. The highest BCUT2D eigenvalue weighted by Crippen LogP contribution is 2.37. The highest BCUT2D eigenvalue weighted by atomic mass is 32.1. The number of carbonyl (C=O) groups is 1. The molecule has 27 heavy (non-hydrogen) atoms. The third-order valence-electron chi connectivity index (χ3n) is 3.80. The quantitative estimate of drug-likeness (QED) is 0.688. The van der Waals surface area contributed by atoms with E-state index in [-0.39, 0.29) is 17.4 Å². The molecule has 0 aliphatic carbocycles. The summed E-state index contributed by atoms with van der Waals surface area (Å²) in [7, 11) is 0. The molecule has 0 spiro atoms. The molecule has 1 aromatic carbocycles. The minimum Gasteiger partial charge on any atom is -0.490 e. The van der Waals surface area contributed by atoms with Crippen molar-refractivity contribution in [2.45, 2.75) is 46.8 Å². The molecule has 1 N–H and O–H groups in total. The Balaban J connectivity index is 0.000000445. The van der Waals surface area contributed by atoms with Gasteiger partial charge in [0.25, 0.3) is 0 Å². The predicted molar refractivity (Wildman–Crippen MR) is 104 cm³/mol. The molecular formula is C20H27F2NO3S. The maximum absolute atomic E-state index is 14.1. The van der Waals surface area contributed by atoms with Gasteiger partial charge in [-0.15, -0.1) is 11.3 Å². The fourth-order valence-corrected chi connectivity index (χ4v) is 3.27. The highest BCUT2D eigenvalue weighted by Gasteiger charge is 2.24. The van der Waals surface area contributed by atoms with Crippen molar-refractivity contribution in [1.82, 2.24) is 4.90 Å². The van der Waals surface area contributed by atoms with Crippen LogP contribution >= 0.6 is 11.3 Å². The summed E-state index contributed by atoms with van der Waals surface area (Å²) in [5.74, 6) is -1.49. The first kappa shape index (κ1) is 23.0. The van der Waals surface area contributed by atoms with Gasteiger partial charge in [0.15, 0.2) is 0 Å². The summed E-state index contributed by atoms with van der Waals surface area (Å²) >= 11 is 1.33. The van der Waals surface area contributed by atoms with E-state index >= 15 is 0 Å². The minimum absolute atomic E-state index is 0.0225. The number of amides is 1. The zero-order valence-electron chi connectivity index (χ0n) is 16.3. The second-order valence-corrected chi connectivity index (χ2v) is 7.11. The molecule has 0 saturated heterocycles. The average molecular weight is 400 g/mol. The molecule has 0 aliphatic heterocycles. The van der Waals surface area contributed by atoms with Crippen LogP contribution in [0, 0.1) is 18.6 Å². The van der Waals surface area contributed by atoms with Crippen LogP contribution in [0.4, 0.5) is 8.78 Å². The third-order valence-corrected chi connectivity index (χ3v) is 4.88. The standard InChI is InChI=1S/C15H16F2O2S.C5H11NO/c1-8(2)19-12-7-10(16)6-11(17)13(12)14(18)15-9(3)4-5-20-15;1-3-6(4-2)5-7/h4-8,14,18H,1-3H3;5H,3-4H2,1-2H3. The van der Waals surface area contributed by atoms with Gasteiger partial charge in [-0.1, -0.05) is 0 Å². The van der Waals surface area contributed by atoms with E-state index in [4.69, 9.17) is 4.74 Å². The van der Waals surface area contributed by atoms with Gasteiger partial charge in [-0.2, -0.15) is 0 Å². The van der Waals surface area contributed by atoms with Crippen LogP contribution in [0.15, 0.2) is 23.6 Å². The number of hydrogen-bond acceptors (Lipinski definition) is 4. The van der Waals surface area contributed by atoms with Crippen LogP contribution in [0.1, 0.15) is 49.8 Å². The van der Waals surface area contributed by atoms with E-state index in [0.29, 0.717) is 4.88 Å². The van der Waals surface area contributed by atoms with Gasteiger partial charge in [-0.25, -0.2) is 8.78 Å². The first-order chi connectivity index (χ1) is 12.7. The van der Waals surface area contributed by atoms with Gasteiger partial charge in [-0.05, 0) is 51.6 Å². The number of benzene rings is 1. The zero-order chi connectivity index (χ0) is 20.6. The molecule has 1 unspecified atom stereocenters. The van der Waals surface area contributed by atoms with Gasteiger partial charge in [-0.3, -0.25) is 4.79 Å². The lowest BCUT2D eigenvalue weighted by molar-refractivity contribution is -0.117. The lowest BCUT2D eigenvalue weighted by Crippen LogP contribution is -2.19. The summed E-state index contributed by atoms with van der Waals surface area (Å²) in [6.07, 6.45) is -0.545. The Morgan fingerprint density at radius 3 is 2.30 bits per heavy atom. The maximum Gasteiger partial charge on any atom is 0.209 e. The van der Waals surface area contributed by atoms with E-state index in [1.54, 1.807) is 18.7 Å². The normalized spacial score (nSPS) is 11.6. The van der Waals surface area contributed by atoms with Crippen molar-refractivity contribution in [3.8, 4) is 5.75 Å². The monoisotopic (exact) mass is 399 g/mol. The Morgan fingerprint density at radius 1 is 1.26 bits per heavy atom. The summed E-state index contributed by atoms with van der Waals surface area (Å²) in [6.45, 7) is 10.9. The predicted octanol–water partition coefficient (Wildman–Crippen LogP) is 4.69. The van der Waals surface area contributed by atoms with E-state index < -0.39 is 17.7 Å². The second-order valence-electron chi connectivity index (χ2n) is 6.16. The van der Waals surface area contributed by atoms with Crippen molar-refractivity contribution < 1.29 is 23.4 Å². The molecular weight excluding hydrogens is 372 g/mol. The lowest BCUT2D eigenvalue weighted by atomic mass is 10.0. The van der Waals surface area contributed by atoms with Crippen molar-refractivity contribution in [1.29, 1.82) is 0 Å². The van der Waals surface area contributed by atoms with Crippen molar-refractivity contribution in [2.24, 2.45) is 0 Å². The van der Waals surface area contributed by atoms with Crippen LogP contribution in [-0.4, -0.2) is 35.6 Å². The van der Waals surface area contributed by atoms with Crippen LogP contribution in [0.3, 0.4) is 0 Å². The molecule has 0 aliphatic rings. The van der Waals surface area contributed by atoms with Crippen LogP contribution in [-0.2, 0) is 4.79 Å². The number of carbonyl (C=O) groups excluding carboxylic acids is 1. The molecule has 1 amide bonds. The fraction of sp³-hybridized carbons (Fsp3) is 0.450. The van der Waals surface area contributed by atoms with Gasteiger partial charge in [0.1, 0.15) is 23.5 Å². The zero-order valence-corrected chi connectivity index (χ0v) is 17.1. The first-order valence-electron chi connectivity index (χ1n) is 8.82. The Hall–Kier alpha value is -1.99. The number of nitrogens with zero attached hydrogens (tertiary/aromatic N) is 1. The van der Waals surface area contributed by atoms with E-state index in [1.807, 2.05) is 32.2 Å². The van der Waals surface area contributed by atoms with Gasteiger partial charge in [0.05, 0.1) is 11.7 Å². The molecule has 1 heterocycles. The molecule has 7 heteroatoms. The lowest BCUT2D eigenvalue weighted by Gasteiger charge is -2.19. The number of aliphatic hydroxyl groups is 1. The van der Waals surface area contributed by atoms with E-state index in [9.17, 15) is 18.7 Å². The van der Waals surface area contributed by atoms with Crippen molar-refractivity contribution in [2.75, 3.05) is 13.1 Å². The van der Waals surface area contributed by atoms with Crippen LogP contribution < -0.4 is 4.74 Å². The Bertz CT molecular complexity index is 730. The van der Waals surface area contributed by atoms with Gasteiger partial charge in [0.2, 0.25) is 6.41 Å². The van der Waals surface area contributed by atoms with Crippen molar-refractivity contribution in [3.05, 3.63) is 51.2 Å². The molecule has 0 fully saturated rings. The summed E-state index contributed by atoms with van der Waals surface area (Å²) in [4.78, 5) is 12.2. The van der Waals surface area contributed by atoms with E-state index in [2.05, 4.69) is 0 Å². The molecule has 1 atom stereocenters. The Morgan fingerprint density at radius 2 is 1.89 bits per heavy atom. The molecule has 2 aromatic rings. The number of rotatable bonds is 7. The SMILES string of the molecule is CCN(C=O)CC.Cc1ccsc1C(O)c1c(F)cc(F)cc1OC(C)C. The smallest absolute Gasteiger partial charge is 0.209 e. The summed E-state index contributed by atoms with van der Waals surface area (Å²) < 4.78 is 32.8. The largest absolute Gasteiger partial charge is 0.490 e. The molecule has 0 bridgehead atoms. The highest BCUT2D eigenvalue weighted by molar-refractivity contribution is 7.10. The molecule has 150 valence electrons.